The van der Waals surface area contributed by atoms with Gasteiger partial charge in [0.2, 0.25) is 0 Å². The number of hydrogen-bond donors (Lipinski definition) is 2. The molecule has 0 amide bonds. The van der Waals surface area contributed by atoms with Crippen LogP contribution in [0.4, 0.5) is 0 Å². The van der Waals surface area contributed by atoms with Gasteiger partial charge >= 0.3 is 0 Å². The summed E-state index contributed by atoms with van der Waals surface area (Å²) in [7, 11) is -3.09. The third-order valence-electron chi connectivity index (χ3n) is 3.62. The molecule has 2 unspecified atom stereocenters. The Morgan fingerprint density at radius 2 is 2.28 bits per heavy atom. The van der Waals surface area contributed by atoms with Crippen LogP contribution in [0.2, 0.25) is 0 Å². The predicted molar refractivity (Wildman–Crippen MR) is 68.7 cm³/mol. The minimum Gasteiger partial charge on any atom is -0.386 e. The highest BCUT2D eigenvalue weighted by atomic mass is 32.2. The normalized spacial score (nSPS) is 28.2. The van der Waals surface area contributed by atoms with Crippen molar-refractivity contribution in [1.82, 2.24) is 4.98 Å². The maximum atomic E-state index is 11.6. The second kappa shape index (κ2) is 4.60. The van der Waals surface area contributed by atoms with Crippen LogP contribution in [0, 0.1) is 12.3 Å². The van der Waals surface area contributed by atoms with E-state index in [2.05, 4.69) is 4.98 Å². The molecule has 6 heteroatoms. The summed E-state index contributed by atoms with van der Waals surface area (Å²) in [5, 5.41) is 10.4. The van der Waals surface area contributed by atoms with Crippen LogP contribution in [-0.4, -0.2) is 36.6 Å². The zero-order valence-corrected chi connectivity index (χ0v) is 11.2. The minimum atomic E-state index is -3.09. The molecule has 2 atom stereocenters. The van der Waals surface area contributed by atoms with Crippen LogP contribution in [0.15, 0.2) is 18.3 Å². The molecule has 1 aromatic rings. The summed E-state index contributed by atoms with van der Waals surface area (Å²) >= 11 is 0. The molecule has 100 valence electrons. The Morgan fingerprint density at radius 3 is 2.72 bits per heavy atom. The first-order chi connectivity index (χ1) is 8.38. The van der Waals surface area contributed by atoms with E-state index in [1.165, 1.54) is 0 Å². The molecule has 2 heterocycles. The van der Waals surface area contributed by atoms with E-state index in [1.54, 1.807) is 12.3 Å². The van der Waals surface area contributed by atoms with E-state index in [1.807, 2.05) is 13.0 Å². The molecule has 1 aliphatic heterocycles. The molecular formula is C12H18N2O3S. The SMILES string of the molecule is Cc1ccc(C(O)C2(CN)CCS(=O)(=O)C2)nc1. The van der Waals surface area contributed by atoms with Gasteiger partial charge in [-0.05, 0) is 25.0 Å². The second-order valence-electron chi connectivity index (χ2n) is 5.07. The highest BCUT2D eigenvalue weighted by Crippen LogP contribution is 2.41. The summed E-state index contributed by atoms with van der Waals surface area (Å²) in [6.07, 6.45) is 1.12. The summed E-state index contributed by atoms with van der Waals surface area (Å²) in [5.74, 6) is 0.0281. The van der Waals surface area contributed by atoms with Gasteiger partial charge in [-0.2, -0.15) is 0 Å². The highest BCUT2D eigenvalue weighted by Gasteiger charge is 2.47. The van der Waals surface area contributed by atoms with E-state index >= 15 is 0 Å². The lowest BCUT2D eigenvalue weighted by molar-refractivity contribution is 0.0436. The van der Waals surface area contributed by atoms with Crippen molar-refractivity contribution in [3.05, 3.63) is 29.6 Å². The lowest BCUT2D eigenvalue weighted by Crippen LogP contribution is -2.38. The summed E-state index contributed by atoms with van der Waals surface area (Å²) in [5.41, 5.74) is 6.40. The van der Waals surface area contributed by atoms with Gasteiger partial charge in [-0.3, -0.25) is 4.98 Å². The van der Waals surface area contributed by atoms with Crippen LogP contribution in [0.25, 0.3) is 0 Å². The predicted octanol–water partition coefficient (Wildman–Crippen LogP) is 0.187. The molecule has 0 spiro atoms. The van der Waals surface area contributed by atoms with Crippen LogP contribution < -0.4 is 5.73 Å². The van der Waals surface area contributed by atoms with Gasteiger partial charge in [0, 0.05) is 18.2 Å². The van der Waals surface area contributed by atoms with Crippen LogP contribution in [-0.2, 0) is 9.84 Å². The van der Waals surface area contributed by atoms with E-state index in [9.17, 15) is 13.5 Å². The van der Waals surface area contributed by atoms with Gasteiger partial charge in [0.25, 0.3) is 0 Å². The van der Waals surface area contributed by atoms with Gasteiger partial charge in [-0.15, -0.1) is 0 Å². The van der Waals surface area contributed by atoms with Crippen molar-refractivity contribution in [2.45, 2.75) is 19.4 Å². The molecule has 1 fully saturated rings. The number of rotatable bonds is 3. The van der Waals surface area contributed by atoms with Crippen molar-refractivity contribution in [3.8, 4) is 0 Å². The quantitative estimate of drug-likeness (QED) is 0.817. The third-order valence-corrected chi connectivity index (χ3v) is 5.46. The molecule has 0 radical (unpaired) electrons. The number of aliphatic hydroxyl groups excluding tert-OH is 1. The molecular weight excluding hydrogens is 252 g/mol. The van der Waals surface area contributed by atoms with Gasteiger partial charge in [-0.1, -0.05) is 6.07 Å². The van der Waals surface area contributed by atoms with Crippen molar-refractivity contribution in [2.24, 2.45) is 11.1 Å². The number of pyridine rings is 1. The maximum absolute atomic E-state index is 11.6. The van der Waals surface area contributed by atoms with Crippen LogP contribution >= 0.6 is 0 Å². The van der Waals surface area contributed by atoms with Crippen LogP contribution in [0.1, 0.15) is 23.8 Å². The van der Waals surface area contributed by atoms with Crippen molar-refractivity contribution >= 4 is 9.84 Å². The van der Waals surface area contributed by atoms with Crippen molar-refractivity contribution < 1.29 is 13.5 Å². The van der Waals surface area contributed by atoms with Gasteiger partial charge in [0.1, 0.15) is 6.10 Å². The Labute approximate surface area is 107 Å². The third kappa shape index (κ3) is 2.41. The van der Waals surface area contributed by atoms with E-state index in [0.717, 1.165) is 5.56 Å². The minimum absolute atomic E-state index is 0.0623. The zero-order chi connectivity index (χ0) is 13.4. The smallest absolute Gasteiger partial charge is 0.151 e. The van der Waals surface area contributed by atoms with Crippen LogP contribution in [0.5, 0.6) is 0 Å². The van der Waals surface area contributed by atoms with Gasteiger partial charge < -0.3 is 10.8 Å². The average molecular weight is 270 g/mol. The average Bonchev–Trinajstić information content (AvgIpc) is 2.66. The van der Waals surface area contributed by atoms with Gasteiger partial charge in [0.05, 0.1) is 17.2 Å². The Kier molecular flexibility index (Phi) is 3.44. The maximum Gasteiger partial charge on any atom is 0.151 e. The Morgan fingerprint density at radius 1 is 1.56 bits per heavy atom. The molecule has 1 aromatic heterocycles. The first-order valence-electron chi connectivity index (χ1n) is 5.90. The van der Waals surface area contributed by atoms with Gasteiger partial charge in [-0.25, -0.2) is 8.42 Å². The number of nitrogens with zero attached hydrogens (tertiary/aromatic N) is 1. The fourth-order valence-corrected chi connectivity index (χ4v) is 4.54. The number of sulfone groups is 1. The molecule has 1 saturated heterocycles. The Balaban J connectivity index is 2.31. The Bertz CT molecular complexity index is 527. The first-order valence-corrected chi connectivity index (χ1v) is 7.72. The molecule has 0 saturated carbocycles. The summed E-state index contributed by atoms with van der Waals surface area (Å²) in [4.78, 5) is 4.16. The van der Waals surface area contributed by atoms with E-state index in [0.29, 0.717) is 12.1 Å². The molecule has 5 nitrogen and oxygen atoms in total. The number of aromatic nitrogens is 1. The number of aryl methyl sites for hydroxylation is 1. The number of hydrogen-bond acceptors (Lipinski definition) is 5. The molecule has 3 N–H and O–H groups in total. The second-order valence-corrected chi connectivity index (χ2v) is 7.26. The molecule has 0 aliphatic carbocycles. The van der Waals surface area contributed by atoms with E-state index < -0.39 is 21.4 Å². The van der Waals surface area contributed by atoms with Gasteiger partial charge in [0.15, 0.2) is 9.84 Å². The molecule has 0 aromatic carbocycles. The number of aliphatic hydroxyl groups is 1. The molecule has 0 bridgehead atoms. The fourth-order valence-electron chi connectivity index (χ4n) is 2.38. The summed E-state index contributed by atoms with van der Waals surface area (Å²) in [6, 6.07) is 3.57. The fraction of sp³-hybridized carbons (Fsp3) is 0.583. The van der Waals surface area contributed by atoms with E-state index in [4.69, 9.17) is 5.73 Å². The standard InChI is InChI=1S/C12H18N2O3S/c1-9-2-3-10(14-6-9)11(15)12(7-13)4-5-18(16,17)8-12/h2-3,6,11,15H,4-5,7-8,13H2,1H3. The lowest BCUT2D eigenvalue weighted by Gasteiger charge is -2.31. The van der Waals surface area contributed by atoms with Crippen LogP contribution in [0.3, 0.4) is 0 Å². The van der Waals surface area contributed by atoms with Crippen molar-refractivity contribution in [3.63, 3.8) is 0 Å². The summed E-state index contributed by atoms with van der Waals surface area (Å²) < 4.78 is 23.2. The Hall–Kier alpha value is -0.980. The van der Waals surface area contributed by atoms with E-state index in [-0.39, 0.29) is 18.1 Å². The largest absolute Gasteiger partial charge is 0.386 e. The zero-order valence-electron chi connectivity index (χ0n) is 10.3. The van der Waals surface area contributed by atoms with Crippen molar-refractivity contribution in [1.29, 1.82) is 0 Å². The topological polar surface area (TPSA) is 93.3 Å². The first kappa shape index (κ1) is 13.5. The van der Waals surface area contributed by atoms with Crippen molar-refractivity contribution in [2.75, 3.05) is 18.1 Å². The highest BCUT2D eigenvalue weighted by molar-refractivity contribution is 7.91. The summed E-state index contributed by atoms with van der Waals surface area (Å²) in [6.45, 7) is 2.05. The lowest BCUT2D eigenvalue weighted by atomic mass is 9.80. The molecule has 1 aliphatic rings. The number of nitrogens with two attached hydrogens (primary N) is 1. The molecule has 2 rings (SSSR count). The monoisotopic (exact) mass is 270 g/mol. The molecule has 18 heavy (non-hydrogen) atoms.